The Balaban J connectivity index is 1.87. The van der Waals surface area contributed by atoms with Crippen LogP contribution in [0.15, 0.2) is 0 Å². The zero-order chi connectivity index (χ0) is 15.5. The first-order valence-electron chi connectivity index (χ1n) is 8.03. The maximum absolute atomic E-state index is 12.3. The summed E-state index contributed by atoms with van der Waals surface area (Å²) in [4.78, 5) is 25.4. The fourth-order valence-corrected chi connectivity index (χ4v) is 4.54. The molecule has 2 amide bonds. The molecule has 0 saturated carbocycles. The van der Waals surface area contributed by atoms with E-state index < -0.39 is 12.0 Å². The molecule has 3 N–H and O–H groups in total. The van der Waals surface area contributed by atoms with Crippen molar-refractivity contribution in [2.24, 2.45) is 5.73 Å². The van der Waals surface area contributed by atoms with Crippen LogP contribution in [0.2, 0.25) is 0 Å². The average molecular weight is 322 g/mol. The highest BCUT2D eigenvalue weighted by Crippen LogP contribution is 2.37. The number of hydrogen-bond donors (Lipinski definition) is 2. The molecule has 120 valence electrons. The predicted molar refractivity (Wildman–Crippen MR) is 86.3 cm³/mol. The lowest BCUT2D eigenvalue weighted by Crippen LogP contribution is -2.27. The molecule has 0 unspecified atom stereocenters. The molecule has 0 spiro atoms. The Labute approximate surface area is 134 Å². The Morgan fingerprint density at radius 3 is 2.59 bits per heavy atom. The highest BCUT2D eigenvalue weighted by molar-refractivity contribution is 7.17. The SMILES string of the molecule is NC(=O)c1c(NC(=O)[C@@H]2CCCO2)sc2c1CCCCCC2. The molecule has 0 bridgehead atoms. The lowest BCUT2D eigenvalue weighted by atomic mass is 9.96. The molecule has 1 aromatic rings. The van der Waals surface area contributed by atoms with E-state index in [1.807, 2.05) is 0 Å². The summed E-state index contributed by atoms with van der Waals surface area (Å²) in [6.07, 6.45) is 7.70. The number of nitrogens with two attached hydrogens (primary N) is 1. The third kappa shape index (κ3) is 3.17. The van der Waals surface area contributed by atoms with E-state index in [0.717, 1.165) is 44.1 Å². The van der Waals surface area contributed by atoms with Crippen LogP contribution >= 0.6 is 11.3 Å². The van der Waals surface area contributed by atoms with Gasteiger partial charge in [0.25, 0.3) is 11.8 Å². The number of amides is 2. The lowest BCUT2D eigenvalue weighted by Gasteiger charge is -2.11. The van der Waals surface area contributed by atoms with Crippen molar-refractivity contribution in [1.29, 1.82) is 0 Å². The van der Waals surface area contributed by atoms with Crippen molar-refractivity contribution in [2.45, 2.75) is 57.5 Å². The first-order valence-corrected chi connectivity index (χ1v) is 8.85. The number of hydrogen-bond acceptors (Lipinski definition) is 4. The molecule has 0 radical (unpaired) electrons. The van der Waals surface area contributed by atoms with E-state index in [1.54, 1.807) is 0 Å². The zero-order valence-electron chi connectivity index (χ0n) is 12.7. The number of nitrogens with one attached hydrogen (secondary N) is 1. The van der Waals surface area contributed by atoms with Crippen molar-refractivity contribution in [3.63, 3.8) is 0 Å². The van der Waals surface area contributed by atoms with Gasteiger partial charge in [0.1, 0.15) is 11.1 Å². The number of primary amides is 1. The van der Waals surface area contributed by atoms with E-state index in [2.05, 4.69) is 5.32 Å². The topological polar surface area (TPSA) is 81.4 Å². The fourth-order valence-electron chi connectivity index (χ4n) is 3.24. The van der Waals surface area contributed by atoms with Crippen molar-refractivity contribution in [1.82, 2.24) is 0 Å². The molecular weight excluding hydrogens is 300 g/mol. The van der Waals surface area contributed by atoms with Crippen LogP contribution in [0.3, 0.4) is 0 Å². The number of anilines is 1. The summed E-state index contributed by atoms with van der Waals surface area (Å²) in [5.74, 6) is -0.602. The number of thiophene rings is 1. The molecule has 1 atom stereocenters. The molecule has 1 fully saturated rings. The van der Waals surface area contributed by atoms with Crippen LogP contribution in [0.25, 0.3) is 0 Å². The van der Waals surface area contributed by atoms with Crippen LogP contribution in [0.1, 0.15) is 59.3 Å². The minimum atomic E-state index is -0.444. The Hall–Kier alpha value is -1.40. The number of carbonyl (C=O) groups is 2. The molecule has 22 heavy (non-hydrogen) atoms. The second kappa shape index (κ2) is 6.79. The average Bonchev–Trinajstić information content (AvgIpc) is 3.07. The lowest BCUT2D eigenvalue weighted by molar-refractivity contribution is -0.124. The van der Waals surface area contributed by atoms with Crippen molar-refractivity contribution in [3.05, 3.63) is 16.0 Å². The van der Waals surface area contributed by atoms with Gasteiger partial charge in [-0.25, -0.2) is 0 Å². The third-order valence-corrected chi connectivity index (χ3v) is 5.58. The molecule has 5 nitrogen and oxygen atoms in total. The van der Waals surface area contributed by atoms with Gasteiger partial charge in [0.2, 0.25) is 0 Å². The fraction of sp³-hybridized carbons (Fsp3) is 0.625. The summed E-state index contributed by atoms with van der Waals surface area (Å²) in [7, 11) is 0. The smallest absolute Gasteiger partial charge is 0.254 e. The van der Waals surface area contributed by atoms with Crippen molar-refractivity contribution in [3.8, 4) is 0 Å². The number of aryl methyl sites for hydroxylation is 1. The summed E-state index contributed by atoms with van der Waals surface area (Å²) >= 11 is 1.51. The van der Waals surface area contributed by atoms with E-state index in [9.17, 15) is 9.59 Å². The minimum Gasteiger partial charge on any atom is -0.368 e. The van der Waals surface area contributed by atoms with Crippen molar-refractivity contribution in [2.75, 3.05) is 11.9 Å². The van der Waals surface area contributed by atoms with Crippen LogP contribution in [-0.4, -0.2) is 24.5 Å². The van der Waals surface area contributed by atoms with Crippen LogP contribution in [0.5, 0.6) is 0 Å². The van der Waals surface area contributed by atoms with Gasteiger partial charge in [-0.2, -0.15) is 0 Å². The molecule has 2 aliphatic rings. The number of fused-ring (bicyclic) bond motifs is 1. The van der Waals surface area contributed by atoms with Gasteiger partial charge in [-0.1, -0.05) is 12.8 Å². The molecule has 3 rings (SSSR count). The molecule has 2 heterocycles. The maximum atomic E-state index is 12.3. The number of carbonyl (C=O) groups excluding carboxylic acids is 2. The molecular formula is C16H22N2O3S. The highest BCUT2D eigenvalue weighted by Gasteiger charge is 2.28. The third-order valence-electron chi connectivity index (χ3n) is 4.38. The summed E-state index contributed by atoms with van der Waals surface area (Å²) in [5, 5.41) is 3.50. The van der Waals surface area contributed by atoms with E-state index in [4.69, 9.17) is 10.5 Å². The predicted octanol–water partition coefficient (Wildman–Crippen LogP) is 2.62. The monoisotopic (exact) mass is 322 g/mol. The maximum Gasteiger partial charge on any atom is 0.254 e. The van der Waals surface area contributed by atoms with E-state index in [-0.39, 0.29) is 5.91 Å². The molecule has 1 aliphatic heterocycles. The van der Waals surface area contributed by atoms with Crippen molar-refractivity contribution >= 4 is 28.2 Å². The minimum absolute atomic E-state index is 0.158. The molecule has 1 aliphatic carbocycles. The Morgan fingerprint density at radius 1 is 1.14 bits per heavy atom. The summed E-state index contributed by atoms with van der Waals surface area (Å²) in [5.41, 5.74) is 7.16. The van der Waals surface area contributed by atoms with Crippen LogP contribution < -0.4 is 11.1 Å². The molecule has 6 heteroatoms. The van der Waals surface area contributed by atoms with Gasteiger partial charge in [0.05, 0.1) is 5.56 Å². The summed E-state index contributed by atoms with van der Waals surface area (Å²) < 4.78 is 5.41. The number of ether oxygens (including phenoxy) is 1. The second-order valence-electron chi connectivity index (χ2n) is 5.98. The van der Waals surface area contributed by atoms with Crippen LogP contribution in [-0.2, 0) is 22.4 Å². The van der Waals surface area contributed by atoms with E-state index in [0.29, 0.717) is 17.2 Å². The normalized spacial score (nSPS) is 21.7. The first-order chi connectivity index (χ1) is 10.7. The molecule has 1 saturated heterocycles. The zero-order valence-corrected chi connectivity index (χ0v) is 13.5. The molecule has 0 aromatic carbocycles. The van der Waals surface area contributed by atoms with Crippen LogP contribution in [0.4, 0.5) is 5.00 Å². The number of rotatable bonds is 3. The summed E-state index contributed by atoms with van der Waals surface area (Å²) in [6, 6.07) is 0. The largest absolute Gasteiger partial charge is 0.368 e. The van der Waals surface area contributed by atoms with Gasteiger partial charge < -0.3 is 15.8 Å². The van der Waals surface area contributed by atoms with Gasteiger partial charge in [-0.3, -0.25) is 9.59 Å². The van der Waals surface area contributed by atoms with Gasteiger partial charge in [-0.15, -0.1) is 11.3 Å². The first kappa shape index (κ1) is 15.5. The van der Waals surface area contributed by atoms with Crippen molar-refractivity contribution < 1.29 is 14.3 Å². The van der Waals surface area contributed by atoms with Gasteiger partial charge in [-0.05, 0) is 44.1 Å². The molecule has 1 aromatic heterocycles. The second-order valence-corrected chi connectivity index (χ2v) is 7.08. The highest BCUT2D eigenvalue weighted by atomic mass is 32.1. The van der Waals surface area contributed by atoms with Gasteiger partial charge in [0.15, 0.2) is 0 Å². The Kier molecular flexibility index (Phi) is 4.78. The van der Waals surface area contributed by atoms with Gasteiger partial charge >= 0.3 is 0 Å². The standard InChI is InChI=1S/C16H22N2O3S/c17-14(19)13-10-6-3-1-2-4-8-12(10)22-16(13)18-15(20)11-7-5-9-21-11/h11H,1-9H2,(H2,17,19)(H,18,20)/t11-/m0/s1. The van der Waals surface area contributed by atoms with Gasteiger partial charge in [0, 0.05) is 11.5 Å². The quantitative estimate of drug-likeness (QED) is 0.897. The Bertz CT molecular complexity index is 576. The van der Waals surface area contributed by atoms with Crippen LogP contribution in [0, 0.1) is 0 Å². The van der Waals surface area contributed by atoms with E-state index >= 15 is 0 Å². The Morgan fingerprint density at radius 2 is 1.91 bits per heavy atom. The van der Waals surface area contributed by atoms with E-state index in [1.165, 1.54) is 29.1 Å². The summed E-state index contributed by atoms with van der Waals surface area (Å²) in [6.45, 7) is 0.627.